The van der Waals surface area contributed by atoms with Gasteiger partial charge < -0.3 is 14.7 Å². The van der Waals surface area contributed by atoms with Gasteiger partial charge in [0.15, 0.2) is 0 Å². The van der Waals surface area contributed by atoms with Crippen molar-refractivity contribution in [2.75, 3.05) is 11.9 Å². The van der Waals surface area contributed by atoms with Crippen LogP contribution in [-0.4, -0.2) is 40.3 Å². The van der Waals surface area contributed by atoms with Crippen molar-refractivity contribution in [2.45, 2.75) is 50.7 Å². The van der Waals surface area contributed by atoms with Gasteiger partial charge in [-0.2, -0.15) is 4.98 Å². The summed E-state index contributed by atoms with van der Waals surface area (Å²) in [5.41, 5.74) is 1.44. The number of nitrogens with one attached hydrogen (secondary N) is 1. The normalized spacial score (nSPS) is 29.0. The van der Waals surface area contributed by atoms with E-state index >= 15 is 0 Å². The first-order valence-electron chi connectivity index (χ1n) is 7.28. The molecule has 0 spiro atoms. The van der Waals surface area contributed by atoms with Gasteiger partial charge in [-0.15, -0.1) is 0 Å². The van der Waals surface area contributed by atoms with Gasteiger partial charge in [-0.05, 0) is 32.6 Å². The van der Waals surface area contributed by atoms with E-state index in [-0.39, 0.29) is 0 Å². The third-order valence-electron chi connectivity index (χ3n) is 4.75. The van der Waals surface area contributed by atoms with Crippen molar-refractivity contribution in [3.63, 3.8) is 0 Å². The van der Waals surface area contributed by atoms with Crippen LogP contribution in [0.1, 0.15) is 31.4 Å². The van der Waals surface area contributed by atoms with Gasteiger partial charge >= 0.3 is 0 Å². The molecule has 0 radical (unpaired) electrons. The van der Waals surface area contributed by atoms with Crippen LogP contribution in [0.3, 0.4) is 0 Å². The minimum absolute atomic E-state index is 0.529. The Morgan fingerprint density at radius 1 is 1.25 bits per heavy atom. The molecule has 2 fully saturated rings. The molecule has 2 aromatic rings. The maximum atomic E-state index is 5.24. The summed E-state index contributed by atoms with van der Waals surface area (Å²) in [6.07, 6.45) is 6.54. The molecule has 1 N–H and O–H groups in total. The molecule has 2 unspecified atom stereocenters. The summed E-state index contributed by atoms with van der Waals surface area (Å²) in [5, 5.41) is 8.63. The molecule has 20 heavy (non-hydrogen) atoms. The average molecular weight is 273 g/mol. The molecule has 0 amide bonds. The Morgan fingerprint density at radius 2 is 2.00 bits per heavy atom. The van der Waals surface area contributed by atoms with Crippen LogP contribution in [0.15, 0.2) is 10.9 Å². The highest BCUT2D eigenvalue weighted by Crippen LogP contribution is 2.33. The van der Waals surface area contributed by atoms with Crippen molar-refractivity contribution in [1.82, 2.24) is 20.4 Å². The van der Waals surface area contributed by atoms with E-state index in [0.717, 1.165) is 16.9 Å². The zero-order valence-electron chi connectivity index (χ0n) is 11.8. The van der Waals surface area contributed by atoms with Crippen LogP contribution in [0.2, 0.25) is 0 Å². The van der Waals surface area contributed by atoms with Crippen LogP contribution in [0.5, 0.6) is 0 Å². The summed E-state index contributed by atoms with van der Waals surface area (Å²) in [4.78, 5) is 10.9. The molecule has 106 valence electrons. The number of hydrogen-bond donors (Lipinski definition) is 1. The number of piperidine rings is 1. The molecule has 2 aliphatic heterocycles. The lowest BCUT2D eigenvalue weighted by atomic mass is 9.98. The largest absolute Gasteiger partial charge is 0.356 e. The molecule has 2 atom stereocenters. The predicted octanol–water partition coefficient (Wildman–Crippen LogP) is 1.65. The maximum absolute atomic E-state index is 5.24. The minimum Gasteiger partial charge on any atom is -0.356 e. The van der Waals surface area contributed by atoms with Crippen molar-refractivity contribution in [3.05, 3.63) is 12.0 Å². The van der Waals surface area contributed by atoms with Gasteiger partial charge in [0.2, 0.25) is 0 Å². The monoisotopic (exact) mass is 273 g/mol. The second kappa shape index (κ2) is 4.41. The fourth-order valence-corrected chi connectivity index (χ4v) is 3.69. The zero-order valence-corrected chi connectivity index (χ0v) is 11.8. The number of aromatic nitrogens is 3. The number of anilines is 1. The van der Waals surface area contributed by atoms with Crippen LogP contribution in [0, 0.1) is 6.92 Å². The lowest BCUT2D eigenvalue weighted by molar-refractivity contribution is 0.354. The molecule has 6 heteroatoms. The van der Waals surface area contributed by atoms with Crippen molar-refractivity contribution >= 4 is 16.9 Å². The molecule has 4 heterocycles. The zero-order chi connectivity index (χ0) is 13.7. The van der Waals surface area contributed by atoms with Crippen molar-refractivity contribution in [3.8, 4) is 0 Å². The summed E-state index contributed by atoms with van der Waals surface area (Å²) >= 11 is 0. The van der Waals surface area contributed by atoms with Gasteiger partial charge in [-0.3, -0.25) is 0 Å². The van der Waals surface area contributed by atoms with Crippen molar-refractivity contribution in [2.24, 2.45) is 0 Å². The summed E-state index contributed by atoms with van der Waals surface area (Å²) < 4.78 is 5.24. The molecule has 0 aromatic carbocycles. The van der Waals surface area contributed by atoms with E-state index in [4.69, 9.17) is 4.52 Å². The highest BCUT2D eigenvalue weighted by atomic mass is 16.5. The van der Waals surface area contributed by atoms with E-state index in [9.17, 15) is 0 Å². The van der Waals surface area contributed by atoms with Crippen LogP contribution >= 0.6 is 0 Å². The highest BCUT2D eigenvalue weighted by molar-refractivity contribution is 5.87. The van der Waals surface area contributed by atoms with Gasteiger partial charge in [-0.1, -0.05) is 5.16 Å². The first-order valence-corrected chi connectivity index (χ1v) is 7.28. The molecule has 0 aliphatic carbocycles. The van der Waals surface area contributed by atoms with Gasteiger partial charge in [0.05, 0.1) is 5.69 Å². The summed E-state index contributed by atoms with van der Waals surface area (Å²) in [6, 6.07) is 1.87. The maximum Gasteiger partial charge on any atom is 0.263 e. The van der Waals surface area contributed by atoms with E-state index in [1.54, 1.807) is 6.33 Å². The molecule has 2 bridgehead atoms. The smallest absolute Gasteiger partial charge is 0.263 e. The van der Waals surface area contributed by atoms with Gasteiger partial charge in [0.1, 0.15) is 17.5 Å². The standard InChI is InChI=1S/C14H19N5O/c1-8-12-13(15-7-16-14(12)20-18-8)19(2)11-5-9-3-4-10(6-11)17-9/h7,9-11,17H,3-6H2,1-2H3. The topological polar surface area (TPSA) is 67.1 Å². The molecule has 2 aliphatic rings. The van der Waals surface area contributed by atoms with Crippen LogP contribution < -0.4 is 10.2 Å². The Balaban J connectivity index is 1.70. The van der Waals surface area contributed by atoms with E-state index in [1.165, 1.54) is 25.7 Å². The molecule has 4 rings (SSSR count). The summed E-state index contributed by atoms with van der Waals surface area (Å²) in [7, 11) is 2.13. The second-order valence-electron chi connectivity index (χ2n) is 6.02. The quantitative estimate of drug-likeness (QED) is 0.897. The molecular weight excluding hydrogens is 254 g/mol. The molecule has 6 nitrogen and oxygen atoms in total. The van der Waals surface area contributed by atoms with Crippen molar-refractivity contribution in [1.29, 1.82) is 0 Å². The molecule has 2 saturated heterocycles. The lowest BCUT2D eigenvalue weighted by Crippen LogP contribution is -2.47. The third-order valence-corrected chi connectivity index (χ3v) is 4.75. The number of hydrogen-bond acceptors (Lipinski definition) is 6. The fourth-order valence-electron chi connectivity index (χ4n) is 3.69. The van der Waals surface area contributed by atoms with Crippen molar-refractivity contribution < 1.29 is 4.52 Å². The first-order chi connectivity index (χ1) is 9.72. The Bertz CT molecular complexity index is 628. The Morgan fingerprint density at radius 3 is 2.75 bits per heavy atom. The molecule has 2 aromatic heterocycles. The Hall–Kier alpha value is -1.69. The van der Waals surface area contributed by atoms with Crippen LogP contribution in [-0.2, 0) is 0 Å². The number of aryl methyl sites for hydroxylation is 1. The van der Waals surface area contributed by atoms with E-state index < -0.39 is 0 Å². The van der Waals surface area contributed by atoms with Gasteiger partial charge in [-0.25, -0.2) is 4.98 Å². The number of fused-ring (bicyclic) bond motifs is 3. The van der Waals surface area contributed by atoms with Gasteiger partial charge in [0.25, 0.3) is 5.71 Å². The SMILES string of the molecule is Cc1noc2ncnc(N(C)C3CC4CCC(C3)N4)c12. The van der Waals surface area contributed by atoms with E-state index in [1.807, 2.05) is 6.92 Å². The van der Waals surface area contributed by atoms with E-state index in [2.05, 4.69) is 32.4 Å². The van der Waals surface area contributed by atoms with Crippen LogP contribution in [0.4, 0.5) is 5.82 Å². The van der Waals surface area contributed by atoms with E-state index in [0.29, 0.717) is 23.8 Å². The minimum atomic E-state index is 0.529. The van der Waals surface area contributed by atoms with Crippen LogP contribution in [0.25, 0.3) is 11.1 Å². The fraction of sp³-hybridized carbons (Fsp3) is 0.643. The highest BCUT2D eigenvalue weighted by Gasteiger charge is 2.36. The Kier molecular flexibility index (Phi) is 2.66. The average Bonchev–Trinajstić information content (AvgIpc) is 3.01. The first kappa shape index (κ1) is 12.1. The third kappa shape index (κ3) is 1.78. The Labute approximate surface area is 117 Å². The second-order valence-corrected chi connectivity index (χ2v) is 6.02. The van der Waals surface area contributed by atoms with Gasteiger partial charge in [0, 0.05) is 25.2 Å². The summed E-state index contributed by atoms with van der Waals surface area (Å²) in [5.74, 6) is 0.944. The molecule has 0 saturated carbocycles. The number of rotatable bonds is 2. The summed E-state index contributed by atoms with van der Waals surface area (Å²) in [6.45, 7) is 1.94. The lowest BCUT2D eigenvalue weighted by Gasteiger charge is -2.36. The predicted molar refractivity (Wildman–Crippen MR) is 75.7 cm³/mol. The molecular formula is C14H19N5O. The number of nitrogens with zero attached hydrogens (tertiary/aromatic N) is 4.